The average Bonchev–Trinajstić information content (AvgIpc) is 2.43. The maximum atomic E-state index is 10.1. The zero-order valence-corrected chi connectivity index (χ0v) is 8.17. The first-order valence-electron chi connectivity index (χ1n) is 4.31. The largest absolute Gasteiger partial charge is 0.381 e. The predicted octanol–water partition coefficient (Wildman–Crippen LogP) is 0.347. The number of rotatable bonds is 2. The van der Waals surface area contributed by atoms with Crippen LogP contribution in [0.15, 0.2) is 6.33 Å². The van der Waals surface area contributed by atoms with Crippen molar-refractivity contribution in [2.45, 2.75) is 19.1 Å². The van der Waals surface area contributed by atoms with Crippen molar-refractivity contribution in [3.05, 3.63) is 17.2 Å². The lowest BCUT2D eigenvalue weighted by molar-refractivity contribution is -0.0214. The van der Waals surface area contributed by atoms with Crippen LogP contribution in [-0.4, -0.2) is 27.7 Å². The van der Waals surface area contributed by atoms with Gasteiger partial charge in [-0.05, 0) is 6.92 Å². The highest BCUT2D eigenvalue weighted by atomic mass is 35.5. The Bertz CT molecular complexity index is 319. The SMILES string of the molecule is CCn1cnc(Cl)c1C1(O)CNC1. The van der Waals surface area contributed by atoms with E-state index in [1.165, 1.54) is 0 Å². The lowest BCUT2D eigenvalue weighted by Gasteiger charge is -2.38. The van der Waals surface area contributed by atoms with Crippen LogP contribution in [0.5, 0.6) is 0 Å². The first kappa shape index (κ1) is 8.99. The zero-order chi connectivity index (χ0) is 9.47. The first-order valence-corrected chi connectivity index (χ1v) is 4.69. The molecule has 1 aliphatic rings. The van der Waals surface area contributed by atoms with E-state index >= 15 is 0 Å². The van der Waals surface area contributed by atoms with Gasteiger partial charge >= 0.3 is 0 Å². The highest BCUT2D eigenvalue weighted by Crippen LogP contribution is 2.30. The van der Waals surface area contributed by atoms with Crippen LogP contribution in [0.25, 0.3) is 0 Å². The van der Waals surface area contributed by atoms with E-state index in [2.05, 4.69) is 10.3 Å². The summed E-state index contributed by atoms with van der Waals surface area (Å²) in [6, 6.07) is 0. The van der Waals surface area contributed by atoms with Gasteiger partial charge in [-0.25, -0.2) is 4.98 Å². The van der Waals surface area contributed by atoms with Crippen molar-refractivity contribution in [1.82, 2.24) is 14.9 Å². The van der Waals surface area contributed by atoms with Gasteiger partial charge in [0.05, 0.1) is 12.0 Å². The molecule has 2 N–H and O–H groups in total. The van der Waals surface area contributed by atoms with Crippen molar-refractivity contribution in [3.63, 3.8) is 0 Å². The summed E-state index contributed by atoms with van der Waals surface area (Å²) in [5.41, 5.74) is -0.0840. The van der Waals surface area contributed by atoms with E-state index in [9.17, 15) is 5.11 Å². The second-order valence-electron chi connectivity index (χ2n) is 3.31. The van der Waals surface area contributed by atoms with Crippen LogP contribution in [0.4, 0.5) is 0 Å². The molecule has 4 nitrogen and oxygen atoms in total. The summed E-state index contributed by atoms with van der Waals surface area (Å²) < 4.78 is 1.88. The van der Waals surface area contributed by atoms with E-state index in [1.54, 1.807) is 6.33 Å². The summed E-state index contributed by atoms with van der Waals surface area (Å²) >= 11 is 5.90. The molecule has 2 heterocycles. The van der Waals surface area contributed by atoms with Gasteiger partial charge in [0.1, 0.15) is 5.60 Å². The van der Waals surface area contributed by atoms with Gasteiger partial charge < -0.3 is 15.0 Å². The highest BCUT2D eigenvalue weighted by molar-refractivity contribution is 6.30. The number of hydrogen-bond donors (Lipinski definition) is 2. The molecule has 0 atom stereocenters. The fourth-order valence-corrected chi connectivity index (χ4v) is 1.91. The number of aliphatic hydroxyl groups is 1. The van der Waals surface area contributed by atoms with Crippen LogP contribution in [0, 0.1) is 0 Å². The number of hydrogen-bond acceptors (Lipinski definition) is 3. The van der Waals surface area contributed by atoms with Crippen molar-refractivity contribution in [3.8, 4) is 0 Å². The Hall–Kier alpha value is -0.580. The molecule has 0 radical (unpaired) electrons. The molecule has 2 rings (SSSR count). The molecule has 0 amide bonds. The summed E-state index contributed by atoms with van der Waals surface area (Å²) in [5, 5.41) is 13.5. The smallest absolute Gasteiger partial charge is 0.153 e. The Morgan fingerprint density at radius 2 is 2.46 bits per heavy atom. The standard InChI is InChI=1S/C8H12ClN3O/c1-2-12-5-11-7(9)6(12)8(13)3-10-4-8/h5,10,13H,2-4H2,1H3. The van der Waals surface area contributed by atoms with E-state index in [1.807, 2.05) is 11.5 Å². The lowest BCUT2D eigenvalue weighted by Crippen LogP contribution is -2.57. The molecular formula is C8H12ClN3O. The van der Waals surface area contributed by atoms with E-state index in [0.29, 0.717) is 18.2 Å². The van der Waals surface area contributed by atoms with Crippen LogP contribution >= 0.6 is 11.6 Å². The topological polar surface area (TPSA) is 50.1 Å². The lowest BCUT2D eigenvalue weighted by atomic mass is 9.93. The van der Waals surface area contributed by atoms with Gasteiger partial charge in [-0.1, -0.05) is 11.6 Å². The Morgan fingerprint density at radius 1 is 1.77 bits per heavy atom. The van der Waals surface area contributed by atoms with Gasteiger partial charge in [-0.3, -0.25) is 0 Å². The summed E-state index contributed by atoms with van der Waals surface area (Å²) in [6.07, 6.45) is 1.66. The van der Waals surface area contributed by atoms with Crippen molar-refractivity contribution >= 4 is 11.6 Å². The van der Waals surface area contributed by atoms with Gasteiger partial charge in [-0.2, -0.15) is 0 Å². The Balaban J connectivity index is 2.42. The summed E-state index contributed by atoms with van der Waals surface area (Å²) in [4.78, 5) is 3.98. The van der Waals surface area contributed by atoms with Gasteiger partial charge in [0, 0.05) is 19.6 Å². The van der Waals surface area contributed by atoms with Crippen LogP contribution in [-0.2, 0) is 12.1 Å². The number of nitrogens with one attached hydrogen (secondary N) is 1. The van der Waals surface area contributed by atoms with E-state index in [-0.39, 0.29) is 0 Å². The van der Waals surface area contributed by atoms with Gasteiger partial charge in [-0.15, -0.1) is 0 Å². The number of β-amino-alcohol motifs (C(OH)–C–C–N with tert-alkyl or cyclic N) is 1. The minimum absolute atomic E-state index is 0.408. The predicted molar refractivity (Wildman–Crippen MR) is 49.7 cm³/mol. The number of halogens is 1. The summed E-state index contributed by atoms with van der Waals surface area (Å²) in [7, 11) is 0. The molecule has 0 saturated carbocycles. The molecule has 72 valence electrons. The molecule has 13 heavy (non-hydrogen) atoms. The van der Waals surface area contributed by atoms with Crippen molar-refractivity contribution in [2.75, 3.05) is 13.1 Å². The molecule has 1 aromatic rings. The van der Waals surface area contributed by atoms with Gasteiger partial charge in [0.25, 0.3) is 0 Å². The fourth-order valence-electron chi connectivity index (χ4n) is 1.59. The average molecular weight is 202 g/mol. The van der Waals surface area contributed by atoms with Crippen molar-refractivity contribution < 1.29 is 5.11 Å². The second kappa shape index (κ2) is 2.97. The number of imidazole rings is 1. The molecule has 1 fully saturated rings. The summed E-state index contributed by atoms with van der Waals surface area (Å²) in [5.74, 6) is 0. The summed E-state index contributed by atoms with van der Waals surface area (Å²) in [6.45, 7) is 3.88. The molecule has 0 aromatic carbocycles. The minimum atomic E-state index is -0.816. The molecule has 0 bridgehead atoms. The number of aromatic nitrogens is 2. The molecule has 5 heteroatoms. The molecule has 1 aromatic heterocycles. The monoisotopic (exact) mass is 201 g/mol. The third-order valence-electron chi connectivity index (χ3n) is 2.41. The number of aryl methyl sites for hydroxylation is 1. The van der Waals surface area contributed by atoms with Gasteiger partial charge in [0.15, 0.2) is 5.15 Å². The highest BCUT2D eigenvalue weighted by Gasteiger charge is 2.40. The quantitative estimate of drug-likeness (QED) is 0.726. The normalized spacial score (nSPS) is 19.9. The molecule has 0 unspecified atom stereocenters. The Labute approximate surface area is 81.5 Å². The second-order valence-corrected chi connectivity index (χ2v) is 3.66. The first-order chi connectivity index (χ1) is 6.17. The van der Waals surface area contributed by atoms with Crippen molar-refractivity contribution in [1.29, 1.82) is 0 Å². The van der Waals surface area contributed by atoms with Gasteiger partial charge in [0.2, 0.25) is 0 Å². The molecule has 1 aliphatic heterocycles. The van der Waals surface area contributed by atoms with Crippen LogP contribution in [0.3, 0.4) is 0 Å². The third-order valence-corrected chi connectivity index (χ3v) is 2.69. The number of nitrogens with zero attached hydrogens (tertiary/aromatic N) is 2. The van der Waals surface area contributed by atoms with E-state index in [4.69, 9.17) is 11.6 Å². The Morgan fingerprint density at radius 3 is 2.92 bits per heavy atom. The maximum absolute atomic E-state index is 10.1. The minimum Gasteiger partial charge on any atom is -0.381 e. The fraction of sp³-hybridized carbons (Fsp3) is 0.625. The molecule has 0 aliphatic carbocycles. The molecule has 1 saturated heterocycles. The van der Waals surface area contributed by atoms with Crippen LogP contribution in [0.1, 0.15) is 12.6 Å². The van der Waals surface area contributed by atoms with Crippen LogP contribution < -0.4 is 5.32 Å². The van der Waals surface area contributed by atoms with E-state index in [0.717, 1.165) is 12.2 Å². The van der Waals surface area contributed by atoms with Crippen molar-refractivity contribution in [2.24, 2.45) is 0 Å². The van der Waals surface area contributed by atoms with E-state index < -0.39 is 5.60 Å². The third kappa shape index (κ3) is 1.25. The zero-order valence-electron chi connectivity index (χ0n) is 7.42. The Kier molecular flexibility index (Phi) is 2.06. The molecular weight excluding hydrogens is 190 g/mol. The maximum Gasteiger partial charge on any atom is 0.153 e. The van der Waals surface area contributed by atoms with Crippen LogP contribution in [0.2, 0.25) is 5.15 Å². The molecule has 0 spiro atoms.